The molecular formula is C15H19N3O2S2. The molecule has 118 valence electrons. The van der Waals surface area contributed by atoms with Gasteiger partial charge in [0.15, 0.2) is 0 Å². The van der Waals surface area contributed by atoms with Crippen molar-refractivity contribution in [2.24, 2.45) is 0 Å². The van der Waals surface area contributed by atoms with Gasteiger partial charge in [0.1, 0.15) is 5.01 Å². The summed E-state index contributed by atoms with van der Waals surface area (Å²) >= 11 is 1.53. The quantitative estimate of drug-likeness (QED) is 0.932. The molecule has 1 aliphatic rings. The Bertz CT molecular complexity index is 771. The molecule has 1 fully saturated rings. The molecule has 1 aromatic heterocycles. The molecule has 7 heteroatoms. The molecule has 22 heavy (non-hydrogen) atoms. The van der Waals surface area contributed by atoms with Crippen LogP contribution >= 0.6 is 11.3 Å². The van der Waals surface area contributed by atoms with Crippen LogP contribution in [0.1, 0.15) is 12.6 Å². The maximum Gasteiger partial charge on any atom is 0.243 e. The predicted octanol–water partition coefficient (Wildman–Crippen LogP) is 2.10. The molecule has 0 saturated carbocycles. The van der Waals surface area contributed by atoms with Gasteiger partial charge in [-0.3, -0.25) is 0 Å². The van der Waals surface area contributed by atoms with Crippen LogP contribution < -0.4 is 5.32 Å². The number of benzene rings is 1. The van der Waals surface area contributed by atoms with Gasteiger partial charge in [0.25, 0.3) is 0 Å². The molecule has 2 aromatic rings. The van der Waals surface area contributed by atoms with Crippen LogP contribution in [-0.4, -0.2) is 43.4 Å². The summed E-state index contributed by atoms with van der Waals surface area (Å²) in [4.78, 5) is 4.77. The highest BCUT2D eigenvalue weighted by atomic mass is 32.2. The average Bonchev–Trinajstić information content (AvgIpc) is 2.94. The molecule has 1 aromatic carbocycles. The molecule has 3 rings (SSSR count). The first kappa shape index (κ1) is 15.6. The van der Waals surface area contributed by atoms with E-state index >= 15 is 0 Å². The summed E-state index contributed by atoms with van der Waals surface area (Å²) < 4.78 is 27.2. The zero-order valence-corrected chi connectivity index (χ0v) is 14.2. The van der Waals surface area contributed by atoms with Crippen molar-refractivity contribution in [2.45, 2.75) is 24.8 Å². The predicted molar refractivity (Wildman–Crippen MR) is 88.5 cm³/mol. The van der Waals surface area contributed by atoms with E-state index < -0.39 is 10.0 Å². The summed E-state index contributed by atoms with van der Waals surface area (Å²) in [5, 5.41) is 6.08. The third kappa shape index (κ3) is 3.08. The minimum absolute atomic E-state index is 0.174. The largest absolute Gasteiger partial charge is 0.312 e. The number of nitrogens with one attached hydrogen (secondary N) is 1. The molecule has 1 saturated heterocycles. The summed E-state index contributed by atoms with van der Waals surface area (Å²) in [6.45, 7) is 5.63. The Labute approximate surface area is 135 Å². The van der Waals surface area contributed by atoms with E-state index in [2.05, 4.69) is 10.3 Å². The topological polar surface area (TPSA) is 62.3 Å². The van der Waals surface area contributed by atoms with Crippen molar-refractivity contribution in [1.82, 2.24) is 14.6 Å². The van der Waals surface area contributed by atoms with E-state index in [1.807, 2.05) is 25.3 Å². The van der Waals surface area contributed by atoms with Gasteiger partial charge in [0.05, 0.1) is 4.90 Å². The van der Waals surface area contributed by atoms with E-state index in [1.54, 1.807) is 22.5 Å². The van der Waals surface area contributed by atoms with Crippen molar-refractivity contribution in [3.8, 4) is 10.6 Å². The van der Waals surface area contributed by atoms with Gasteiger partial charge in [-0.2, -0.15) is 4.31 Å². The van der Waals surface area contributed by atoms with Crippen LogP contribution in [0.25, 0.3) is 10.6 Å². The number of hydrogen-bond donors (Lipinski definition) is 1. The Morgan fingerprint density at radius 1 is 1.41 bits per heavy atom. The lowest BCUT2D eigenvalue weighted by Crippen LogP contribution is -2.51. The first-order chi connectivity index (χ1) is 10.5. The lowest BCUT2D eigenvalue weighted by atomic mass is 10.2. The highest BCUT2D eigenvalue weighted by Gasteiger charge is 2.28. The van der Waals surface area contributed by atoms with E-state index in [4.69, 9.17) is 0 Å². The second kappa shape index (κ2) is 6.08. The Balaban J connectivity index is 1.94. The molecule has 2 heterocycles. The Hall–Kier alpha value is -1.28. The minimum Gasteiger partial charge on any atom is -0.312 e. The van der Waals surface area contributed by atoms with E-state index in [9.17, 15) is 8.42 Å². The van der Waals surface area contributed by atoms with Crippen LogP contribution in [0.4, 0.5) is 0 Å². The number of thiazole rings is 1. The highest BCUT2D eigenvalue weighted by molar-refractivity contribution is 7.89. The molecule has 1 N–H and O–H groups in total. The molecule has 0 radical (unpaired) electrons. The first-order valence-corrected chi connectivity index (χ1v) is 9.55. The van der Waals surface area contributed by atoms with Crippen LogP contribution in [-0.2, 0) is 10.0 Å². The molecule has 1 atom stereocenters. The summed E-state index contributed by atoms with van der Waals surface area (Å²) in [7, 11) is -3.45. The van der Waals surface area contributed by atoms with Crippen molar-refractivity contribution >= 4 is 21.4 Å². The zero-order valence-electron chi connectivity index (χ0n) is 12.6. The van der Waals surface area contributed by atoms with Gasteiger partial charge in [-0.25, -0.2) is 13.4 Å². The minimum atomic E-state index is -3.45. The molecule has 0 amide bonds. The van der Waals surface area contributed by atoms with Gasteiger partial charge in [-0.15, -0.1) is 11.3 Å². The zero-order chi connectivity index (χ0) is 15.7. The smallest absolute Gasteiger partial charge is 0.243 e. The highest BCUT2D eigenvalue weighted by Crippen LogP contribution is 2.27. The number of rotatable bonds is 3. The number of aromatic nitrogens is 1. The molecule has 1 unspecified atom stereocenters. The van der Waals surface area contributed by atoms with Gasteiger partial charge in [-0.1, -0.05) is 12.1 Å². The first-order valence-electron chi connectivity index (χ1n) is 7.23. The van der Waals surface area contributed by atoms with Crippen LogP contribution in [0.2, 0.25) is 0 Å². The maximum absolute atomic E-state index is 12.8. The fraction of sp³-hybridized carbons (Fsp3) is 0.400. The van der Waals surface area contributed by atoms with Crippen molar-refractivity contribution in [3.05, 3.63) is 35.3 Å². The normalized spacial score (nSPS) is 20.2. The van der Waals surface area contributed by atoms with E-state index in [1.165, 1.54) is 11.3 Å². The number of nitrogens with zero attached hydrogens (tertiary/aromatic N) is 2. The summed E-state index contributed by atoms with van der Waals surface area (Å²) in [5.74, 6) is 0. The molecule has 0 bridgehead atoms. The van der Waals surface area contributed by atoms with E-state index in [0.717, 1.165) is 16.3 Å². The number of aryl methyl sites for hydroxylation is 1. The van der Waals surface area contributed by atoms with Crippen LogP contribution in [0.15, 0.2) is 34.5 Å². The monoisotopic (exact) mass is 337 g/mol. The second-order valence-corrected chi connectivity index (χ2v) is 8.34. The fourth-order valence-electron chi connectivity index (χ4n) is 2.54. The summed E-state index contributed by atoms with van der Waals surface area (Å²) in [5.41, 5.74) is 1.80. The number of sulfonamides is 1. The van der Waals surface area contributed by atoms with Crippen LogP contribution in [0.3, 0.4) is 0 Å². The van der Waals surface area contributed by atoms with Gasteiger partial charge in [-0.05, 0) is 26.0 Å². The van der Waals surface area contributed by atoms with Crippen molar-refractivity contribution in [2.75, 3.05) is 19.6 Å². The molecule has 0 spiro atoms. The van der Waals surface area contributed by atoms with Crippen LogP contribution in [0, 0.1) is 6.92 Å². The van der Waals surface area contributed by atoms with Gasteiger partial charge >= 0.3 is 0 Å². The summed E-state index contributed by atoms with van der Waals surface area (Å²) in [6, 6.07) is 7.24. The van der Waals surface area contributed by atoms with Gasteiger partial charge in [0, 0.05) is 42.3 Å². The fourth-order valence-corrected chi connectivity index (χ4v) is 4.91. The Morgan fingerprint density at radius 3 is 2.91 bits per heavy atom. The number of piperazine rings is 1. The Kier molecular flexibility index (Phi) is 4.31. The lowest BCUT2D eigenvalue weighted by molar-refractivity contribution is 0.310. The third-order valence-corrected chi connectivity index (χ3v) is 6.54. The second-order valence-electron chi connectivity index (χ2n) is 5.54. The van der Waals surface area contributed by atoms with E-state index in [0.29, 0.717) is 24.5 Å². The maximum atomic E-state index is 12.8. The van der Waals surface area contributed by atoms with E-state index in [-0.39, 0.29) is 6.04 Å². The van der Waals surface area contributed by atoms with Crippen molar-refractivity contribution < 1.29 is 8.42 Å². The Morgan fingerprint density at radius 2 is 2.23 bits per heavy atom. The van der Waals surface area contributed by atoms with Gasteiger partial charge < -0.3 is 5.32 Å². The number of hydrogen-bond acceptors (Lipinski definition) is 5. The van der Waals surface area contributed by atoms with Gasteiger partial charge in [0.2, 0.25) is 10.0 Å². The molecule has 0 aliphatic carbocycles. The standard InChI is InChI=1S/C15H19N3O2S2/c1-11-9-18(7-6-16-11)22(19,20)14-5-3-4-13(8-14)15-17-12(2)10-21-15/h3-5,8,10-11,16H,6-7,9H2,1-2H3. The molecule has 1 aliphatic heterocycles. The SMILES string of the molecule is Cc1csc(-c2cccc(S(=O)(=O)N3CCNC(C)C3)c2)n1. The third-order valence-electron chi connectivity index (χ3n) is 3.67. The molecule has 5 nitrogen and oxygen atoms in total. The van der Waals surface area contributed by atoms with Crippen molar-refractivity contribution in [3.63, 3.8) is 0 Å². The van der Waals surface area contributed by atoms with Crippen molar-refractivity contribution in [1.29, 1.82) is 0 Å². The lowest BCUT2D eigenvalue weighted by Gasteiger charge is -2.31. The molecular weight excluding hydrogens is 318 g/mol. The summed E-state index contributed by atoms with van der Waals surface area (Å²) in [6.07, 6.45) is 0. The average molecular weight is 337 g/mol. The van der Waals surface area contributed by atoms with Crippen LogP contribution in [0.5, 0.6) is 0 Å².